The maximum absolute atomic E-state index is 13.0. The van der Waals surface area contributed by atoms with Gasteiger partial charge < -0.3 is 0 Å². The van der Waals surface area contributed by atoms with Crippen molar-refractivity contribution in [2.75, 3.05) is 6.54 Å². The second-order valence-corrected chi connectivity index (χ2v) is 6.72. The van der Waals surface area contributed by atoms with Gasteiger partial charge in [-0.15, -0.1) is 0 Å². The highest BCUT2D eigenvalue weighted by Crippen LogP contribution is 2.25. The molecular weight excluding hydrogens is 331 g/mol. The largest absolute Gasteiger partial charge is 0.286 e. The second-order valence-electron chi connectivity index (χ2n) is 6.72. The van der Waals surface area contributed by atoms with Crippen LogP contribution in [0.25, 0.3) is 0 Å². The molecule has 2 aliphatic heterocycles. The fourth-order valence-electron chi connectivity index (χ4n) is 3.65. The summed E-state index contributed by atoms with van der Waals surface area (Å²) in [4.78, 5) is 30.8. The van der Waals surface area contributed by atoms with Gasteiger partial charge in [-0.05, 0) is 55.5 Å². The lowest BCUT2D eigenvalue weighted by Gasteiger charge is -2.14. The van der Waals surface area contributed by atoms with Crippen LogP contribution in [0.5, 0.6) is 0 Å². The fourth-order valence-corrected chi connectivity index (χ4v) is 3.65. The van der Waals surface area contributed by atoms with Gasteiger partial charge in [0.15, 0.2) is 0 Å². The minimum atomic E-state index is -0.246. The molecule has 0 N–H and O–H groups in total. The number of imide groups is 1. The number of hydrogen-bond donors (Lipinski definition) is 0. The first-order valence-electron chi connectivity index (χ1n) is 8.91. The van der Waals surface area contributed by atoms with E-state index in [2.05, 4.69) is 0 Å². The van der Waals surface area contributed by atoms with Gasteiger partial charge in [0, 0.05) is 12.3 Å². The molecule has 0 aromatic heterocycles. The van der Waals surface area contributed by atoms with Crippen LogP contribution in [0.4, 0.5) is 4.39 Å². The van der Waals surface area contributed by atoms with Crippen molar-refractivity contribution < 1.29 is 14.0 Å². The first kappa shape index (κ1) is 16.6. The van der Waals surface area contributed by atoms with Gasteiger partial charge in [-0.3, -0.25) is 19.5 Å². The molecule has 0 spiro atoms. The zero-order chi connectivity index (χ0) is 18.1. The van der Waals surface area contributed by atoms with Gasteiger partial charge in [0.2, 0.25) is 0 Å². The highest BCUT2D eigenvalue weighted by atomic mass is 19.1. The fraction of sp³-hybridized carbons (Fsp3) is 0.286. The highest BCUT2D eigenvalue weighted by molar-refractivity contribution is 6.21. The number of carbonyl (C=O) groups excluding carboxylic acids is 2. The molecule has 4 rings (SSSR count). The van der Waals surface area contributed by atoms with Gasteiger partial charge in [0.05, 0.1) is 17.2 Å². The molecule has 0 saturated heterocycles. The third-order valence-corrected chi connectivity index (χ3v) is 5.03. The van der Waals surface area contributed by atoms with Gasteiger partial charge in [0.25, 0.3) is 11.8 Å². The van der Waals surface area contributed by atoms with Crippen LogP contribution in [0.3, 0.4) is 0 Å². The van der Waals surface area contributed by atoms with Crippen molar-refractivity contribution in [3.8, 4) is 0 Å². The second kappa shape index (κ2) is 6.83. The van der Waals surface area contributed by atoms with Crippen LogP contribution in [0, 0.1) is 5.82 Å². The molecular formula is C21H19FN2O2. The summed E-state index contributed by atoms with van der Waals surface area (Å²) in [6, 6.07) is 13.6. The number of aliphatic imine (C=N–C) groups is 1. The molecule has 0 bridgehead atoms. The van der Waals surface area contributed by atoms with E-state index in [1.54, 1.807) is 36.4 Å². The molecule has 0 radical (unpaired) electrons. The van der Waals surface area contributed by atoms with Gasteiger partial charge in [-0.1, -0.05) is 24.3 Å². The van der Waals surface area contributed by atoms with Gasteiger partial charge >= 0.3 is 0 Å². The van der Waals surface area contributed by atoms with Crippen molar-refractivity contribution in [2.45, 2.75) is 31.7 Å². The molecule has 0 aliphatic carbocycles. The van der Waals surface area contributed by atoms with Crippen molar-refractivity contribution in [3.63, 3.8) is 0 Å². The van der Waals surface area contributed by atoms with Crippen molar-refractivity contribution in [3.05, 3.63) is 71.0 Å². The van der Waals surface area contributed by atoms with E-state index < -0.39 is 0 Å². The molecule has 1 unspecified atom stereocenters. The molecule has 2 aliphatic rings. The summed E-state index contributed by atoms with van der Waals surface area (Å²) in [5.74, 6) is -0.648. The molecule has 2 aromatic rings. The molecule has 132 valence electrons. The van der Waals surface area contributed by atoms with Crippen LogP contribution in [-0.4, -0.2) is 35.0 Å². The molecule has 2 amide bonds. The predicted octanol–water partition coefficient (Wildman–Crippen LogP) is 3.85. The Morgan fingerprint density at radius 3 is 2.31 bits per heavy atom. The van der Waals surface area contributed by atoms with E-state index in [9.17, 15) is 14.0 Å². The van der Waals surface area contributed by atoms with E-state index in [-0.39, 0.29) is 23.7 Å². The number of nitrogens with zero attached hydrogens (tertiary/aromatic N) is 2. The Bertz CT molecular complexity index is 854. The molecule has 5 heteroatoms. The van der Waals surface area contributed by atoms with Crippen molar-refractivity contribution in [2.24, 2.45) is 4.99 Å². The Labute approximate surface area is 151 Å². The van der Waals surface area contributed by atoms with Gasteiger partial charge in [-0.25, -0.2) is 4.39 Å². The summed E-state index contributed by atoms with van der Waals surface area (Å²) in [6.07, 6.45) is 3.40. The Morgan fingerprint density at radius 2 is 1.65 bits per heavy atom. The average molecular weight is 350 g/mol. The molecule has 4 nitrogen and oxygen atoms in total. The van der Waals surface area contributed by atoms with Crippen molar-refractivity contribution in [1.29, 1.82) is 0 Å². The summed E-state index contributed by atoms with van der Waals surface area (Å²) in [7, 11) is 0. The third-order valence-electron chi connectivity index (χ3n) is 5.03. The van der Waals surface area contributed by atoms with Crippen LogP contribution in [0.15, 0.2) is 53.5 Å². The predicted molar refractivity (Wildman–Crippen MR) is 97.0 cm³/mol. The molecule has 1 atom stereocenters. The number of halogens is 1. The maximum Gasteiger partial charge on any atom is 0.261 e. The summed E-state index contributed by atoms with van der Waals surface area (Å²) in [5.41, 5.74) is 2.97. The molecule has 26 heavy (non-hydrogen) atoms. The monoisotopic (exact) mass is 350 g/mol. The smallest absolute Gasteiger partial charge is 0.261 e. The number of fused-ring (bicyclic) bond motifs is 1. The van der Waals surface area contributed by atoms with Crippen LogP contribution >= 0.6 is 0 Å². The highest BCUT2D eigenvalue weighted by Gasteiger charge is 2.34. The topological polar surface area (TPSA) is 49.7 Å². The lowest BCUT2D eigenvalue weighted by Crippen LogP contribution is -2.31. The number of amides is 2. The number of hydrogen-bond acceptors (Lipinski definition) is 3. The molecule has 2 heterocycles. The summed E-state index contributed by atoms with van der Waals surface area (Å²) in [6.45, 7) is 0.421. The van der Waals surface area contributed by atoms with Crippen LogP contribution in [-0.2, 0) is 0 Å². The van der Waals surface area contributed by atoms with E-state index in [0.29, 0.717) is 17.7 Å². The van der Waals surface area contributed by atoms with Crippen molar-refractivity contribution in [1.82, 2.24) is 4.90 Å². The minimum Gasteiger partial charge on any atom is -0.286 e. The Balaban J connectivity index is 1.34. The summed E-state index contributed by atoms with van der Waals surface area (Å²) < 4.78 is 13.0. The van der Waals surface area contributed by atoms with Gasteiger partial charge in [0.1, 0.15) is 5.82 Å². The molecule has 0 fully saturated rings. The van der Waals surface area contributed by atoms with E-state index >= 15 is 0 Å². The lowest BCUT2D eigenvalue weighted by atomic mass is 10.1. The van der Waals surface area contributed by atoms with E-state index in [1.807, 2.05) is 0 Å². The van der Waals surface area contributed by atoms with Crippen LogP contribution in [0.2, 0.25) is 0 Å². The zero-order valence-corrected chi connectivity index (χ0v) is 14.3. The standard InChI is InChI=1S/C21H19FN2O2/c22-15-9-7-14(8-10-15)19-12-11-16(23-19)4-3-13-24-20(25)17-5-1-2-6-18(17)21(24)26/h1-2,5-10,16H,3-4,11-13H2. The number of rotatable bonds is 5. The molecule has 2 aromatic carbocycles. The first-order chi connectivity index (χ1) is 12.6. The Morgan fingerprint density at radius 1 is 1.00 bits per heavy atom. The SMILES string of the molecule is O=C1c2ccccc2C(=O)N1CCCC1CCC(c2ccc(F)cc2)=N1. The summed E-state index contributed by atoms with van der Waals surface area (Å²) in [5, 5.41) is 0. The Kier molecular flexibility index (Phi) is 4.37. The zero-order valence-electron chi connectivity index (χ0n) is 14.3. The van der Waals surface area contributed by atoms with Crippen LogP contribution in [0.1, 0.15) is 52.0 Å². The average Bonchev–Trinajstić information content (AvgIpc) is 3.22. The van der Waals surface area contributed by atoms with Crippen molar-refractivity contribution >= 4 is 17.5 Å². The quantitative estimate of drug-likeness (QED) is 0.769. The first-order valence-corrected chi connectivity index (χ1v) is 8.91. The number of benzene rings is 2. The summed E-state index contributed by atoms with van der Waals surface area (Å²) >= 11 is 0. The van der Waals surface area contributed by atoms with E-state index in [1.165, 1.54) is 17.0 Å². The Hall–Kier alpha value is -2.82. The van der Waals surface area contributed by atoms with E-state index in [0.717, 1.165) is 37.0 Å². The van der Waals surface area contributed by atoms with Crippen LogP contribution < -0.4 is 0 Å². The number of carbonyl (C=O) groups is 2. The third kappa shape index (κ3) is 3.05. The normalized spacial score (nSPS) is 19.0. The lowest BCUT2D eigenvalue weighted by molar-refractivity contribution is 0.0651. The minimum absolute atomic E-state index is 0.199. The van der Waals surface area contributed by atoms with E-state index in [4.69, 9.17) is 4.99 Å². The molecule has 0 saturated carbocycles. The maximum atomic E-state index is 13.0. The van der Waals surface area contributed by atoms with Gasteiger partial charge in [-0.2, -0.15) is 0 Å².